The molecule has 30 heavy (non-hydrogen) atoms. The minimum atomic E-state index is -0.384. The third-order valence-electron chi connectivity index (χ3n) is 4.97. The summed E-state index contributed by atoms with van der Waals surface area (Å²) in [6.45, 7) is 1.64. The monoisotopic (exact) mass is 421 g/mol. The Morgan fingerprint density at radius 1 is 1.13 bits per heavy atom. The van der Waals surface area contributed by atoms with Gasteiger partial charge in [-0.3, -0.25) is 9.59 Å². The Labute approximate surface area is 175 Å². The lowest BCUT2D eigenvalue weighted by Gasteiger charge is -2.11. The van der Waals surface area contributed by atoms with Crippen molar-refractivity contribution in [1.29, 1.82) is 0 Å². The molecule has 4 aromatic rings. The number of carbonyl (C=O) groups is 1. The van der Waals surface area contributed by atoms with Crippen LogP contribution in [0.1, 0.15) is 12.8 Å². The van der Waals surface area contributed by atoms with Crippen molar-refractivity contribution in [3.63, 3.8) is 0 Å². The fourth-order valence-electron chi connectivity index (χ4n) is 3.53. The lowest BCUT2D eigenvalue weighted by atomic mass is 10.3. The molecule has 9 heteroatoms. The zero-order valence-electron chi connectivity index (χ0n) is 16.1. The Balaban J connectivity index is 1.55. The Hall–Kier alpha value is -3.46. The molecule has 1 aliphatic rings. The number of furan rings is 1. The molecule has 0 bridgehead atoms. The Morgan fingerprint density at radius 3 is 2.67 bits per heavy atom. The van der Waals surface area contributed by atoms with E-state index in [4.69, 9.17) is 4.42 Å². The largest absolute Gasteiger partial charge is 0.463 e. The maximum absolute atomic E-state index is 13.1. The van der Waals surface area contributed by atoms with Crippen molar-refractivity contribution >= 4 is 38.3 Å². The SMILES string of the molecule is O=C(Cn1nc(-c2ccco2)c2sc(N3CCCC3)nc2c1=O)Nc1ccccc1. The highest BCUT2D eigenvalue weighted by molar-refractivity contribution is 7.22. The van der Waals surface area contributed by atoms with Crippen molar-refractivity contribution in [3.8, 4) is 11.5 Å². The van der Waals surface area contributed by atoms with E-state index in [1.165, 1.54) is 11.3 Å². The zero-order chi connectivity index (χ0) is 20.5. The van der Waals surface area contributed by atoms with Crippen LogP contribution in [0.5, 0.6) is 0 Å². The first-order valence-corrected chi connectivity index (χ1v) is 10.6. The maximum Gasteiger partial charge on any atom is 0.294 e. The molecule has 1 fully saturated rings. The van der Waals surface area contributed by atoms with E-state index in [0.29, 0.717) is 27.4 Å². The number of carbonyl (C=O) groups excluding carboxylic acids is 1. The molecule has 1 aromatic carbocycles. The summed E-state index contributed by atoms with van der Waals surface area (Å²) in [6.07, 6.45) is 3.79. The van der Waals surface area contributed by atoms with E-state index in [1.807, 2.05) is 18.2 Å². The van der Waals surface area contributed by atoms with Gasteiger partial charge in [0.05, 0.1) is 11.0 Å². The van der Waals surface area contributed by atoms with Crippen LogP contribution in [0.2, 0.25) is 0 Å². The van der Waals surface area contributed by atoms with Crippen LogP contribution < -0.4 is 15.8 Å². The Bertz CT molecular complexity index is 1240. The summed E-state index contributed by atoms with van der Waals surface area (Å²) in [6, 6.07) is 12.7. The van der Waals surface area contributed by atoms with Gasteiger partial charge in [-0.15, -0.1) is 0 Å². The fraction of sp³-hybridized carbons (Fsp3) is 0.238. The summed E-state index contributed by atoms with van der Waals surface area (Å²) in [7, 11) is 0. The molecule has 0 spiro atoms. The lowest BCUT2D eigenvalue weighted by molar-refractivity contribution is -0.117. The van der Waals surface area contributed by atoms with Crippen molar-refractivity contribution in [2.45, 2.75) is 19.4 Å². The molecular formula is C21H19N5O3S. The smallest absolute Gasteiger partial charge is 0.294 e. The van der Waals surface area contributed by atoms with Crippen molar-refractivity contribution < 1.29 is 9.21 Å². The highest BCUT2D eigenvalue weighted by Gasteiger charge is 2.23. The van der Waals surface area contributed by atoms with E-state index < -0.39 is 0 Å². The second-order valence-electron chi connectivity index (χ2n) is 7.07. The van der Waals surface area contributed by atoms with Crippen LogP contribution in [0.3, 0.4) is 0 Å². The topological polar surface area (TPSA) is 93.3 Å². The first-order valence-electron chi connectivity index (χ1n) is 9.74. The molecule has 1 amide bonds. The number of amides is 1. The average molecular weight is 421 g/mol. The fourth-order valence-corrected chi connectivity index (χ4v) is 4.63. The number of hydrogen-bond acceptors (Lipinski definition) is 7. The number of hydrogen-bond donors (Lipinski definition) is 1. The number of thiazole rings is 1. The van der Waals surface area contributed by atoms with Gasteiger partial charge in [0.15, 0.2) is 16.4 Å². The number of benzene rings is 1. The summed E-state index contributed by atoms with van der Waals surface area (Å²) in [4.78, 5) is 32.4. The van der Waals surface area contributed by atoms with Gasteiger partial charge < -0.3 is 14.6 Å². The summed E-state index contributed by atoms with van der Waals surface area (Å²) < 4.78 is 7.38. The van der Waals surface area contributed by atoms with E-state index in [9.17, 15) is 9.59 Å². The molecule has 0 aliphatic carbocycles. The third kappa shape index (κ3) is 3.48. The molecule has 4 heterocycles. The Morgan fingerprint density at radius 2 is 1.93 bits per heavy atom. The van der Waals surface area contributed by atoms with Gasteiger partial charge in [-0.1, -0.05) is 29.5 Å². The molecule has 0 radical (unpaired) electrons. The minimum absolute atomic E-state index is 0.214. The highest BCUT2D eigenvalue weighted by atomic mass is 32.1. The van der Waals surface area contributed by atoms with Crippen molar-refractivity contribution in [2.24, 2.45) is 0 Å². The normalized spacial score (nSPS) is 13.8. The first-order chi connectivity index (χ1) is 14.7. The molecular weight excluding hydrogens is 402 g/mol. The molecule has 1 saturated heterocycles. The number of para-hydroxylation sites is 1. The van der Waals surface area contributed by atoms with Crippen LogP contribution in [0.15, 0.2) is 57.9 Å². The van der Waals surface area contributed by atoms with Crippen LogP contribution in [-0.4, -0.2) is 33.8 Å². The molecule has 152 valence electrons. The van der Waals surface area contributed by atoms with E-state index in [0.717, 1.165) is 35.7 Å². The molecule has 0 atom stereocenters. The molecule has 0 saturated carbocycles. The quantitative estimate of drug-likeness (QED) is 0.531. The molecule has 8 nitrogen and oxygen atoms in total. The molecule has 5 rings (SSSR count). The molecule has 1 aliphatic heterocycles. The summed E-state index contributed by atoms with van der Waals surface area (Å²) >= 11 is 1.44. The second kappa shape index (κ2) is 7.75. The van der Waals surface area contributed by atoms with Crippen LogP contribution in [-0.2, 0) is 11.3 Å². The van der Waals surface area contributed by atoms with Crippen LogP contribution in [0.25, 0.3) is 21.7 Å². The zero-order valence-corrected chi connectivity index (χ0v) is 16.9. The summed E-state index contributed by atoms with van der Waals surface area (Å²) in [5.74, 6) is 0.199. The number of aromatic nitrogens is 3. The Kier molecular flexibility index (Phi) is 4.80. The van der Waals surface area contributed by atoms with E-state index in [1.54, 1.807) is 30.5 Å². The van der Waals surface area contributed by atoms with Crippen LogP contribution >= 0.6 is 11.3 Å². The summed E-state index contributed by atoms with van der Waals surface area (Å²) in [5.41, 5.74) is 1.11. The molecule has 1 N–H and O–H groups in total. The van der Waals surface area contributed by atoms with Gasteiger partial charge in [0.1, 0.15) is 12.2 Å². The highest BCUT2D eigenvalue weighted by Crippen LogP contribution is 2.35. The van der Waals surface area contributed by atoms with Gasteiger partial charge in [-0.05, 0) is 37.1 Å². The van der Waals surface area contributed by atoms with Crippen molar-refractivity contribution in [1.82, 2.24) is 14.8 Å². The van der Waals surface area contributed by atoms with Crippen LogP contribution in [0.4, 0.5) is 10.8 Å². The van der Waals surface area contributed by atoms with Crippen molar-refractivity contribution in [3.05, 3.63) is 59.1 Å². The van der Waals surface area contributed by atoms with Gasteiger partial charge in [-0.25, -0.2) is 9.67 Å². The lowest BCUT2D eigenvalue weighted by Crippen LogP contribution is -2.30. The predicted octanol–water partition coefficient (Wildman–Crippen LogP) is 3.35. The predicted molar refractivity (Wildman–Crippen MR) is 116 cm³/mol. The number of rotatable bonds is 5. The van der Waals surface area contributed by atoms with Gasteiger partial charge in [0.25, 0.3) is 5.56 Å². The first kappa shape index (κ1) is 18.6. The number of anilines is 2. The van der Waals surface area contributed by atoms with E-state index in [2.05, 4.69) is 20.3 Å². The molecule has 3 aromatic heterocycles. The van der Waals surface area contributed by atoms with Crippen molar-refractivity contribution in [2.75, 3.05) is 23.3 Å². The van der Waals surface area contributed by atoms with Gasteiger partial charge in [0, 0.05) is 18.8 Å². The molecule has 0 unspecified atom stereocenters. The van der Waals surface area contributed by atoms with Crippen LogP contribution in [0, 0.1) is 0 Å². The minimum Gasteiger partial charge on any atom is -0.463 e. The van der Waals surface area contributed by atoms with Gasteiger partial charge >= 0.3 is 0 Å². The van der Waals surface area contributed by atoms with E-state index >= 15 is 0 Å². The second-order valence-corrected chi connectivity index (χ2v) is 8.05. The van der Waals surface area contributed by atoms with Gasteiger partial charge in [-0.2, -0.15) is 5.10 Å². The van der Waals surface area contributed by atoms with E-state index in [-0.39, 0.29) is 18.0 Å². The number of nitrogens with one attached hydrogen (secondary N) is 1. The third-order valence-corrected chi connectivity index (χ3v) is 6.09. The standard InChI is InChI=1S/C21H19N5O3S/c27-16(22-14-7-2-1-3-8-14)13-26-20(28)18-19(17(24-26)15-9-6-12-29-15)30-21(23-18)25-10-4-5-11-25/h1-3,6-9,12H,4-5,10-11,13H2,(H,22,27). The maximum atomic E-state index is 13.1. The number of nitrogens with zero attached hydrogens (tertiary/aromatic N) is 4. The number of fused-ring (bicyclic) bond motifs is 1. The summed E-state index contributed by atoms with van der Waals surface area (Å²) in [5, 5.41) is 8.05. The van der Waals surface area contributed by atoms with Gasteiger partial charge in [0.2, 0.25) is 5.91 Å². The average Bonchev–Trinajstić information content (AvgIpc) is 3.52.